The van der Waals surface area contributed by atoms with Crippen molar-refractivity contribution in [2.75, 3.05) is 31.6 Å². The molecule has 0 saturated carbocycles. The molecule has 200 valence electrons. The molecule has 5 N–H and O–H groups in total. The summed E-state index contributed by atoms with van der Waals surface area (Å²) in [5.74, 6) is 1.15. The number of aliphatic hydroxyl groups excluding tert-OH is 4. The zero-order valence-electron chi connectivity index (χ0n) is 20.9. The van der Waals surface area contributed by atoms with Crippen molar-refractivity contribution in [3.63, 3.8) is 0 Å². The van der Waals surface area contributed by atoms with Crippen LogP contribution < -0.4 is 5.32 Å². The molecule has 0 unspecified atom stereocenters. The van der Waals surface area contributed by atoms with Crippen LogP contribution in [0, 0.1) is 0 Å². The van der Waals surface area contributed by atoms with Crippen molar-refractivity contribution in [3.8, 4) is 11.4 Å². The van der Waals surface area contributed by atoms with Crippen molar-refractivity contribution >= 4 is 17.3 Å². The van der Waals surface area contributed by atoms with Gasteiger partial charge in [0.05, 0.1) is 18.8 Å². The molecule has 2 aromatic carbocycles. The Bertz CT molecular complexity index is 1140. The number of aliphatic hydroxyl groups is 4. The molecule has 1 aliphatic rings. The smallest absolute Gasteiger partial charge is 0.226 e. The van der Waals surface area contributed by atoms with Crippen molar-refractivity contribution in [2.24, 2.45) is 0 Å². The molecule has 0 spiro atoms. The molecule has 1 aliphatic heterocycles. The highest BCUT2D eigenvalue weighted by atomic mass is 35.5. The number of aromatic nitrogens is 2. The highest BCUT2D eigenvalue weighted by Gasteiger charge is 2.40. The first-order valence-electron chi connectivity index (χ1n) is 12.7. The maximum atomic E-state index is 10.2. The first kappa shape index (κ1) is 27.5. The van der Waals surface area contributed by atoms with E-state index < -0.39 is 24.4 Å². The van der Waals surface area contributed by atoms with Crippen LogP contribution in [0.25, 0.3) is 11.4 Å². The van der Waals surface area contributed by atoms with Gasteiger partial charge in [-0.05, 0) is 48.6 Å². The van der Waals surface area contributed by atoms with E-state index in [2.05, 4.69) is 46.6 Å². The summed E-state index contributed by atoms with van der Waals surface area (Å²) < 4.78 is 5.29. The quantitative estimate of drug-likeness (QED) is 0.253. The average molecular weight is 531 g/mol. The van der Waals surface area contributed by atoms with Gasteiger partial charge < -0.3 is 30.3 Å². The Labute approximate surface area is 221 Å². The Morgan fingerprint density at radius 1 is 1.03 bits per heavy atom. The van der Waals surface area contributed by atoms with Gasteiger partial charge in [0.15, 0.2) is 0 Å². The number of benzene rings is 2. The van der Waals surface area contributed by atoms with E-state index in [0.29, 0.717) is 29.7 Å². The van der Waals surface area contributed by atoms with Gasteiger partial charge >= 0.3 is 0 Å². The Morgan fingerprint density at radius 2 is 1.76 bits per heavy atom. The average Bonchev–Trinajstić information content (AvgIpc) is 3.36. The Morgan fingerprint density at radius 3 is 2.46 bits per heavy atom. The van der Waals surface area contributed by atoms with Crippen LogP contribution in [0.5, 0.6) is 0 Å². The summed E-state index contributed by atoms with van der Waals surface area (Å²) in [4.78, 5) is 6.27. The van der Waals surface area contributed by atoms with E-state index in [-0.39, 0.29) is 13.2 Å². The number of aryl methyl sites for hydroxylation is 1. The molecule has 1 saturated heterocycles. The zero-order chi connectivity index (χ0) is 26.4. The predicted octanol–water partition coefficient (Wildman–Crippen LogP) is 2.30. The Balaban J connectivity index is 1.28. The number of rotatable bonds is 11. The molecule has 2 heterocycles. The van der Waals surface area contributed by atoms with Gasteiger partial charge in [0.1, 0.15) is 12.2 Å². The lowest BCUT2D eigenvalue weighted by Crippen LogP contribution is -2.62. The highest BCUT2D eigenvalue weighted by molar-refractivity contribution is 6.31. The number of anilines is 1. The number of piperidine rings is 1. The number of likely N-dealkylation sites (tertiary alicyclic amines) is 1. The molecule has 1 aromatic heterocycles. The molecule has 3 aromatic rings. The Kier molecular flexibility index (Phi) is 9.53. The Hall–Kier alpha value is -2.53. The summed E-state index contributed by atoms with van der Waals surface area (Å²) in [5.41, 5.74) is 3.99. The second-order valence-corrected chi connectivity index (χ2v) is 9.96. The van der Waals surface area contributed by atoms with E-state index >= 15 is 0 Å². The second kappa shape index (κ2) is 12.8. The third kappa shape index (κ3) is 7.07. The number of halogens is 1. The van der Waals surface area contributed by atoms with Crippen LogP contribution in [-0.2, 0) is 19.3 Å². The van der Waals surface area contributed by atoms with Crippen LogP contribution in [0.4, 0.5) is 5.69 Å². The topological polar surface area (TPSA) is 135 Å². The van der Waals surface area contributed by atoms with Crippen LogP contribution in [-0.4, -0.2) is 86.1 Å². The lowest BCUT2D eigenvalue weighted by molar-refractivity contribution is -0.144. The summed E-state index contributed by atoms with van der Waals surface area (Å²) >= 11 is 6.32. The van der Waals surface area contributed by atoms with Crippen molar-refractivity contribution in [1.29, 1.82) is 0 Å². The molecule has 0 bridgehead atoms. The van der Waals surface area contributed by atoms with Crippen molar-refractivity contribution in [2.45, 2.75) is 57.0 Å². The van der Waals surface area contributed by atoms with Gasteiger partial charge in [-0.1, -0.05) is 47.9 Å². The molecule has 4 atom stereocenters. The van der Waals surface area contributed by atoms with Crippen molar-refractivity contribution < 1.29 is 24.9 Å². The minimum atomic E-state index is -1.24. The maximum absolute atomic E-state index is 10.2. The van der Waals surface area contributed by atoms with Gasteiger partial charge in [0.25, 0.3) is 0 Å². The van der Waals surface area contributed by atoms with E-state index in [0.717, 1.165) is 42.6 Å². The van der Waals surface area contributed by atoms with Gasteiger partial charge in [0, 0.05) is 42.3 Å². The predicted molar refractivity (Wildman–Crippen MR) is 142 cm³/mol. The van der Waals surface area contributed by atoms with Crippen LogP contribution in [0.1, 0.15) is 30.4 Å². The fraction of sp³-hybridized carbons (Fsp3) is 0.481. The van der Waals surface area contributed by atoms with E-state index in [1.54, 1.807) is 0 Å². The fourth-order valence-electron chi connectivity index (χ4n) is 4.64. The lowest BCUT2D eigenvalue weighted by atomic mass is 9.93. The fourth-order valence-corrected chi connectivity index (χ4v) is 4.88. The standard InChI is InChI=1S/C27H35ClN4O5/c1-2-3-24-30-27(31-37-24)19-12-20(28)14-21(13-19)29-10-8-17-4-6-18(7-5-17)9-11-32-15-23(34)26(36)25(35)22(32)16-33/h4-7,12-14,22-23,25-26,29,33-36H,2-3,8-11,15-16H2,1H3/t22-,23+,25-,26-/m1/s1. The van der Waals surface area contributed by atoms with Crippen LogP contribution in [0.15, 0.2) is 47.0 Å². The molecule has 9 nitrogen and oxygen atoms in total. The van der Waals surface area contributed by atoms with Gasteiger partial charge in [-0.25, -0.2) is 0 Å². The first-order chi connectivity index (χ1) is 17.9. The zero-order valence-corrected chi connectivity index (χ0v) is 21.7. The molecule has 0 aliphatic carbocycles. The summed E-state index contributed by atoms with van der Waals surface area (Å²) in [5, 5.41) is 47.7. The minimum absolute atomic E-state index is 0.213. The van der Waals surface area contributed by atoms with E-state index in [1.807, 2.05) is 23.1 Å². The van der Waals surface area contributed by atoms with E-state index in [1.165, 1.54) is 5.56 Å². The summed E-state index contributed by atoms with van der Waals surface area (Å²) in [6, 6.07) is 13.4. The lowest BCUT2D eigenvalue weighted by Gasteiger charge is -2.43. The highest BCUT2D eigenvalue weighted by Crippen LogP contribution is 2.26. The molecule has 0 radical (unpaired) electrons. The molecule has 37 heavy (non-hydrogen) atoms. The van der Waals surface area contributed by atoms with E-state index in [4.69, 9.17) is 16.1 Å². The van der Waals surface area contributed by atoms with Gasteiger partial charge in [-0.3, -0.25) is 4.90 Å². The molecular weight excluding hydrogens is 496 g/mol. The normalized spacial score (nSPS) is 22.3. The molecular formula is C27H35ClN4O5. The third-order valence-electron chi connectivity index (χ3n) is 6.76. The van der Waals surface area contributed by atoms with Gasteiger partial charge in [0.2, 0.25) is 11.7 Å². The first-order valence-corrected chi connectivity index (χ1v) is 13.1. The van der Waals surface area contributed by atoms with Gasteiger partial charge in [-0.15, -0.1) is 0 Å². The van der Waals surface area contributed by atoms with E-state index in [9.17, 15) is 20.4 Å². The molecule has 1 fully saturated rings. The number of β-amino-alcohol motifs (C(OH)–C–C–N with tert-alkyl or cyclic N) is 1. The monoisotopic (exact) mass is 530 g/mol. The SMILES string of the molecule is CCCc1nc(-c2cc(Cl)cc(NCCc3ccc(CCN4C[C@H](O)[C@@H](O)[C@H](O)[C@H]4CO)cc3)c2)no1. The number of nitrogens with one attached hydrogen (secondary N) is 1. The molecule has 0 amide bonds. The minimum Gasteiger partial charge on any atom is -0.395 e. The number of hydrogen-bond acceptors (Lipinski definition) is 9. The van der Waals surface area contributed by atoms with Crippen molar-refractivity contribution in [3.05, 3.63) is 64.5 Å². The molecule has 10 heteroatoms. The summed E-state index contributed by atoms with van der Waals surface area (Å²) in [6.07, 6.45) is -0.245. The van der Waals surface area contributed by atoms with Crippen LogP contribution >= 0.6 is 11.6 Å². The summed E-state index contributed by atoms with van der Waals surface area (Å²) in [6.45, 7) is 3.28. The largest absolute Gasteiger partial charge is 0.395 e. The van der Waals surface area contributed by atoms with Crippen LogP contribution in [0.2, 0.25) is 5.02 Å². The van der Waals surface area contributed by atoms with Crippen molar-refractivity contribution in [1.82, 2.24) is 15.0 Å². The second-order valence-electron chi connectivity index (χ2n) is 9.53. The number of hydrogen-bond donors (Lipinski definition) is 5. The third-order valence-corrected chi connectivity index (χ3v) is 6.98. The maximum Gasteiger partial charge on any atom is 0.226 e. The molecule has 4 rings (SSSR count). The summed E-state index contributed by atoms with van der Waals surface area (Å²) in [7, 11) is 0. The van der Waals surface area contributed by atoms with Crippen LogP contribution in [0.3, 0.4) is 0 Å². The van der Waals surface area contributed by atoms with Gasteiger partial charge in [-0.2, -0.15) is 4.98 Å². The number of nitrogens with zero attached hydrogens (tertiary/aromatic N) is 3.